The first-order valence-corrected chi connectivity index (χ1v) is 9.74. The third-order valence-corrected chi connectivity index (χ3v) is 5.51. The van der Waals surface area contributed by atoms with Crippen molar-refractivity contribution in [2.75, 3.05) is 12.1 Å². The number of fused-ring (bicyclic) bond motifs is 2. The quantitative estimate of drug-likeness (QED) is 0.566. The number of benzene rings is 2. The van der Waals surface area contributed by atoms with Crippen LogP contribution in [0.25, 0.3) is 22.2 Å². The molecule has 3 heterocycles. The normalized spacial score (nSPS) is 12.5. The zero-order valence-corrected chi connectivity index (χ0v) is 16.0. The average molecular weight is 391 g/mol. The van der Waals surface area contributed by atoms with Gasteiger partial charge in [0.2, 0.25) is 12.7 Å². The first-order chi connectivity index (χ1) is 13.7. The Kier molecular flexibility index (Phi) is 4.02. The number of thiazole rings is 1. The molecule has 6 nitrogen and oxygen atoms in total. The molecule has 1 aliphatic heterocycles. The predicted molar refractivity (Wildman–Crippen MR) is 109 cm³/mol. The Labute approximate surface area is 165 Å². The van der Waals surface area contributed by atoms with Crippen LogP contribution in [0.3, 0.4) is 0 Å². The van der Waals surface area contributed by atoms with Gasteiger partial charge in [0.1, 0.15) is 0 Å². The summed E-state index contributed by atoms with van der Waals surface area (Å²) in [6.45, 7) is 0.241. The van der Waals surface area contributed by atoms with Gasteiger partial charge in [-0.2, -0.15) is 0 Å². The van der Waals surface area contributed by atoms with E-state index in [0.29, 0.717) is 17.3 Å². The fourth-order valence-corrected chi connectivity index (χ4v) is 4.16. The summed E-state index contributed by atoms with van der Waals surface area (Å²) >= 11 is 1.41. The number of rotatable bonds is 4. The summed E-state index contributed by atoms with van der Waals surface area (Å²) in [5.41, 5.74) is 3.84. The van der Waals surface area contributed by atoms with E-state index in [1.165, 1.54) is 11.3 Å². The van der Waals surface area contributed by atoms with Crippen LogP contribution in [0.5, 0.6) is 11.5 Å². The van der Waals surface area contributed by atoms with Crippen molar-refractivity contribution in [3.63, 3.8) is 0 Å². The minimum atomic E-state index is -0.0806. The maximum absolute atomic E-state index is 12.5. The number of amides is 1. The molecule has 0 saturated carbocycles. The van der Waals surface area contributed by atoms with Crippen molar-refractivity contribution < 1.29 is 14.3 Å². The highest BCUT2D eigenvalue weighted by Gasteiger charge is 2.16. The van der Waals surface area contributed by atoms with E-state index >= 15 is 0 Å². The molecule has 7 heteroatoms. The van der Waals surface area contributed by atoms with Crippen LogP contribution in [0.15, 0.2) is 54.0 Å². The number of para-hydroxylation sites is 1. The van der Waals surface area contributed by atoms with Gasteiger partial charge in [0.25, 0.3) is 0 Å². The maximum Gasteiger partial charge on any atom is 0.231 e. The molecule has 28 heavy (non-hydrogen) atoms. The molecule has 0 bridgehead atoms. The number of aryl methyl sites for hydroxylation is 1. The van der Waals surface area contributed by atoms with E-state index in [0.717, 1.165) is 33.5 Å². The number of carbonyl (C=O) groups excluding carboxylic acids is 1. The maximum atomic E-state index is 12.5. The molecule has 2 aromatic heterocycles. The highest BCUT2D eigenvalue weighted by molar-refractivity contribution is 7.14. The van der Waals surface area contributed by atoms with E-state index in [2.05, 4.69) is 16.4 Å². The first-order valence-electron chi connectivity index (χ1n) is 8.86. The van der Waals surface area contributed by atoms with Crippen molar-refractivity contribution in [1.29, 1.82) is 0 Å². The number of aromatic nitrogens is 2. The van der Waals surface area contributed by atoms with E-state index in [1.54, 1.807) is 0 Å². The molecule has 0 radical (unpaired) electrons. The van der Waals surface area contributed by atoms with Crippen molar-refractivity contribution >= 4 is 33.3 Å². The van der Waals surface area contributed by atoms with E-state index < -0.39 is 0 Å². The summed E-state index contributed by atoms with van der Waals surface area (Å²) < 4.78 is 12.8. The Balaban J connectivity index is 1.32. The zero-order valence-electron chi connectivity index (χ0n) is 15.1. The zero-order chi connectivity index (χ0) is 19.1. The van der Waals surface area contributed by atoms with Crippen LogP contribution in [0.2, 0.25) is 0 Å². The topological polar surface area (TPSA) is 65.4 Å². The smallest absolute Gasteiger partial charge is 0.231 e. The van der Waals surface area contributed by atoms with Gasteiger partial charge in [0.15, 0.2) is 16.6 Å². The number of nitrogens with one attached hydrogen (secondary N) is 1. The Morgan fingerprint density at radius 2 is 2.07 bits per heavy atom. The second-order valence-corrected chi connectivity index (χ2v) is 7.47. The van der Waals surface area contributed by atoms with Crippen molar-refractivity contribution in [1.82, 2.24) is 9.55 Å². The lowest BCUT2D eigenvalue weighted by Crippen LogP contribution is -2.14. The predicted octanol–water partition coefficient (Wildman–Crippen LogP) is 4.21. The van der Waals surface area contributed by atoms with Crippen LogP contribution < -0.4 is 14.8 Å². The van der Waals surface area contributed by atoms with Gasteiger partial charge in [-0.15, -0.1) is 11.3 Å². The van der Waals surface area contributed by atoms with E-state index in [9.17, 15) is 4.79 Å². The van der Waals surface area contributed by atoms with Crippen LogP contribution in [0.4, 0.5) is 5.13 Å². The van der Waals surface area contributed by atoms with E-state index in [1.807, 2.05) is 59.6 Å². The molecule has 2 aromatic carbocycles. The minimum Gasteiger partial charge on any atom is -0.454 e. The van der Waals surface area contributed by atoms with Crippen molar-refractivity contribution in [2.24, 2.45) is 7.05 Å². The van der Waals surface area contributed by atoms with Crippen molar-refractivity contribution in [3.8, 4) is 22.8 Å². The average Bonchev–Trinajstić information content (AvgIpc) is 3.41. The number of nitrogens with zero attached hydrogens (tertiary/aromatic N) is 2. The molecule has 4 aromatic rings. The van der Waals surface area contributed by atoms with Gasteiger partial charge in [-0.25, -0.2) is 4.98 Å². The molecule has 0 spiro atoms. The molecular formula is C21H17N3O3S. The number of anilines is 1. The van der Waals surface area contributed by atoms with Gasteiger partial charge in [0, 0.05) is 35.1 Å². The minimum absolute atomic E-state index is 0.0806. The summed E-state index contributed by atoms with van der Waals surface area (Å²) in [4.78, 5) is 17.1. The fraction of sp³-hybridized carbons (Fsp3) is 0.143. The van der Waals surface area contributed by atoms with E-state index in [4.69, 9.17) is 9.47 Å². The molecule has 0 saturated heterocycles. The third kappa shape index (κ3) is 2.99. The second-order valence-electron chi connectivity index (χ2n) is 6.61. The Hall–Kier alpha value is -3.32. The lowest BCUT2D eigenvalue weighted by Gasteiger charge is -2.02. The molecule has 1 N–H and O–H groups in total. The second kappa shape index (κ2) is 6.69. The Morgan fingerprint density at radius 3 is 3.00 bits per heavy atom. The first kappa shape index (κ1) is 16.8. The number of carbonyl (C=O) groups is 1. The lowest BCUT2D eigenvalue weighted by atomic mass is 10.1. The van der Waals surface area contributed by atoms with E-state index in [-0.39, 0.29) is 12.7 Å². The van der Waals surface area contributed by atoms with Gasteiger partial charge in [-0.05, 0) is 29.8 Å². The number of ether oxygens (including phenoxy) is 2. The molecule has 0 aliphatic carbocycles. The molecule has 0 unspecified atom stereocenters. The molecule has 1 amide bonds. The standard InChI is InChI=1S/C21H17N3O3S/c1-24-10-14(15-4-2-3-5-17(15)24)9-20(25)23-21-22-16(11-28-21)13-6-7-18-19(8-13)27-12-26-18/h2-8,10-11H,9,12H2,1H3,(H,22,23,25). The van der Waals surface area contributed by atoms with Crippen LogP contribution in [-0.2, 0) is 18.3 Å². The summed E-state index contributed by atoms with van der Waals surface area (Å²) in [7, 11) is 1.99. The summed E-state index contributed by atoms with van der Waals surface area (Å²) in [5, 5.41) is 6.51. The van der Waals surface area contributed by atoms with Gasteiger partial charge < -0.3 is 19.4 Å². The highest BCUT2D eigenvalue weighted by atomic mass is 32.1. The Bertz CT molecular complexity index is 1190. The number of hydrogen-bond acceptors (Lipinski definition) is 5. The molecule has 140 valence electrons. The van der Waals surface area contributed by atoms with Gasteiger partial charge >= 0.3 is 0 Å². The molecule has 0 fully saturated rings. The highest BCUT2D eigenvalue weighted by Crippen LogP contribution is 2.36. The summed E-state index contributed by atoms with van der Waals surface area (Å²) in [5.74, 6) is 1.37. The van der Waals surface area contributed by atoms with Crippen LogP contribution >= 0.6 is 11.3 Å². The van der Waals surface area contributed by atoms with Gasteiger partial charge in [0.05, 0.1) is 12.1 Å². The lowest BCUT2D eigenvalue weighted by molar-refractivity contribution is -0.115. The summed E-state index contributed by atoms with van der Waals surface area (Å²) in [6, 6.07) is 13.8. The van der Waals surface area contributed by atoms with Crippen LogP contribution in [0.1, 0.15) is 5.56 Å². The number of hydrogen-bond donors (Lipinski definition) is 1. The monoisotopic (exact) mass is 391 g/mol. The largest absolute Gasteiger partial charge is 0.454 e. The third-order valence-electron chi connectivity index (χ3n) is 4.75. The van der Waals surface area contributed by atoms with Crippen LogP contribution in [0, 0.1) is 0 Å². The molecular weight excluding hydrogens is 374 g/mol. The SMILES string of the molecule is Cn1cc(CC(=O)Nc2nc(-c3ccc4c(c3)OCO4)cs2)c2ccccc21. The summed E-state index contributed by atoms with van der Waals surface area (Å²) in [6.07, 6.45) is 2.31. The Morgan fingerprint density at radius 1 is 1.21 bits per heavy atom. The van der Waals surface area contributed by atoms with Crippen LogP contribution in [-0.4, -0.2) is 22.3 Å². The molecule has 1 aliphatic rings. The molecule has 0 atom stereocenters. The fourth-order valence-electron chi connectivity index (χ4n) is 3.42. The molecule has 5 rings (SSSR count). The van der Waals surface area contributed by atoms with Crippen molar-refractivity contribution in [3.05, 3.63) is 59.6 Å². The van der Waals surface area contributed by atoms with Gasteiger partial charge in [-0.1, -0.05) is 18.2 Å². The van der Waals surface area contributed by atoms with Gasteiger partial charge in [-0.3, -0.25) is 4.79 Å². The van der Waals surface area contributed by atoms with Crippen molar-refractivity contribution in [2.45, 2.75) is 6.42 Å².